The summed E-state index contributed by atoms with van der Waals surface area (Å²) >= 11 is 0. The van der Waals surface area contributed by atoms with E-state index in [0.29, 0.717) is 42.7 Å². The van der Waals surface area contributed by atoms with Crippen LogP contribution in [-0.2, 0) is 4.74 Å². The molecule has 0 fully saturated rings. The van der Waals surface area contributed by atoms with Gasteiger partial charge in [-0.2, -0.15) is 0 Å². The third-order valence-corrected chi connectivity index (χ3v) is 5.76. The molecule has 1 atom stereocenters. The largest absolute Gasteiger partial charge is 0.494 e. The lowest BCUT2D eigenvalue weighted by molar-refractivity contribution is 0.0593. The summed E-state index contributed by atoms with van der Waals surface area (Å²) < 4.78 is 17.5. The maximum atomic E-state index is 13.6. The number of benzene rings is 2. The molecule has 1 amide bonds. The molecule has 1 aliphatic rings. The Morgan fingerprint density at radius 2 is 1.91 bits per heavy atom. The fraction of sp³-hybridized carbons (Fsp3) is 0.407. The molecule has 0 bridgehead atoms. The van der Waals surface area contributed by atoms with Gasteiger partial charge in [0.2, 0.25) is 5.76 Å². The van der Waals surface area contributed by atoms with Gasteiger partial charge >= 0.3 is 0 Å². The summed E-state index contributed by atoms with van der Waals surface area (Å²) in [5, 5.41) is 0.495. The number of carbonyl (C=O) groups excluding carboxylic acids is 1. The minimum atomic E-state index is -0.530. The lowest BCUT2D eigenvalue weighted by Crippen LogP contribution is -2.31. The number of ether oxygens (including phenoxy) is 2. The third-order valence-electron chi connectivity index (χ3n) is 5.76. The number of aryl methyl sites for hydroxylation is 1. The second-order valence-electron chi connectivity index (χ2n) is 8.77. The molecule has 0 saturated carbocycles. The summed E-state index contributed by atoms with van der Waals surface area (Å²) in [5.74, 6) is 0.587. The number of carbonyl (C=O) groups is 1. The smallest absolute Gasteiger partial charge is 0.290 e. The van der Waals surface area contributed by atoms with Gasteiger partial charge in [0.05, 0.1) is 29.7 Å². The van der Waals surface area contributed by atoms with Crippen LogP contribution in [-0.4, -0.2) is 36.7 Å². The third kappa shape index (κ3) is 4.67. The van der Waals surface area contributed by atoms with Crippen molar-refractivity contribution in [3.63, 3.8) is 0 Å². The number of hydrogen-bond donors (Lipinski definition) is 0. The highest BCUT2D eigenvalue weighted by Crippen LogP contribution is 2.39. The molecule has 2 heterocycles. The minimum absolute atomic E-state index is 0.122. The zero-order valence-electron chi connectivity index (χ0n) is 19.7. The monoisotopic (exact) mass is 449 g/mol. The lowest BCUT2D eigenvalue weighted by atomic mass is 9.98. The molecular formula is C27H31NO5. The Hall–Kier alpha value is -3.12. The van der Waals surface area contributed by atoms with Crippen LogP contribution in [0, 0.1) is 6.92 Å². The Labute approximate surface area is 194 Å². The highest BCUT2D eigenvalue weighted by Gasteiger charge is 2.42. The average Bonchev–Trinajstić information content (AvgIpc) is 3.08. The maximum Gasteiger partial charge on any atom is 0.290 e. The molecule has 1 aliphatic heterocycles. The Morgan fingerprint density at radius 1 is 1.09 bits per heavy atom. The van der Waals surface area contributed by atoms with Crippen LogP contribution in [0.15, 0.2) is 51.7 Å². The van der Waals surface area contributed by atoms with E-state index in [2.05, 4.69) is 6.92 Å². The Balaban J connectivity index is 1.80. The first-order chi connectivity index (χ1) is 15.9. The molecule has 6 nitrogen and oxygen atoms in total. The summed E-state index contributed by atoms with van der Waals surface area (Å²) in [5.41, 5.74) is 2.47. The lowest BCUT2D eigenvalue weighted by Gasteiger charge is -2.25. The van der Waals surface area contributed by atoms with Crippen LogP contribution in [0.25, 0.3) is 11.0 Å². The van der Waals surface area contributed by atoms with Gasteiger partial charge in [-0.3, -0.25) is 9.59 Å². The Kier molecular flexibility index (Phi) is 6.84. The number of nitrogens with zero attached hydrogens (tertiary/aromatic N) is 1. The van der Waals surface area contributed by atoms with Gasteiger partial charge in [-0.1, -0.05) is 30.7 Å². The van der Waals surface area contributed by atoms with Gasteiger partial charge in [0.15, 0.2) is 5.43 Å². The fourth-order valence-corrected chi connectivity index (χ4v) is 4.26. The van der Waals surface area contributed by atoms with Crippen molar-refractivity contribution in [1.29, 1.82) is 0 Å². The van der Waals surface area contributed by atoms with Crippen molar-refractivity contribution < 1.29 is 18.7 Å². The quantitative estimate of drug-likeness (QED) is 0.417. The van der Waals surface area contributed by atoms with Crippen LogP contribution in [0.1, 0.15) is 66.9 Å². The summed E-state index contributed by atoms with van der Waals surface area (Å²) in [6.45, 7) is 9.54. The fourth-order valence-electron chi connectivity index (χ4n) is 4.26. The second kappa shape index (κ2) is 9.79. The predicted octanol–water partition coefficient (Wildman–Crippen LogP) is 5.25. The van der Waals surface area contributed by atoms with E-state index < -0.39 is 6.04 Å². The van der Waals surface area contributed by atoms with Crippen molar-refractivity contribution in [2.75, 3.05) is 19.8 Å². The number of fused-ring (bicyclic) bond motifs is 2. The predicted molar refractivity (Wildman–Crippen MR) is 128 cm³/mol. The first-order valence-electron chi connectivity index (χ1n) is 11.6. The molecule has 0 radical (unpaired) electrons. The molecule has 174 valence electrons. The van der Waals surface area contributed by atoms with Crippen molar-refractivity contribution in [1.82, 2.24) is 4.90 Å². The molecule has 0 aliphatic carbocycles. The SMILES string of the molecule is CCCOc1cccc(C2c3c(oc4ccc(C)cc4c3=O)C(=O)N2CCCOC(C)C)c1. The molecule has 33 heavy (non-hydrogen) atoms. The van der Waals surface area contributed by atoms with Crippen molar-refractivity contribution >= 4 is 16.9 Å². The maximum absolute atomic E-state index is 13.6. The standard InChI is InChI=1S/C27H31NO5/c1-5-13-32-20-9-6-8-19(16-20)24-23-25(29)21-15-18(4)10-11-22(21)33-26(23)27(30)28(24)12-7-14-31-17(2)3/h6,8-11,15-17,24H,5,7,12-14H2,1-4H3. The van der Waals surface area contributed by atoms with E-state index >= 15 is 0 Å². The van der Waals surface area contributed by atoms with Gasteiger partial charge in [-0.25, -0.2) is 0 Å². The highest BCUT2D eigenvalue weighted by molar-refractivity contribution is 5.99. The van der Waals surface area contributed by atoms with E-state index in [1.807, 2.05) is 57.2 Å². The van der Waals surface area contributed by atoms with Crippen LogP contribution in [0.3, 0.4) is 0 Å². The molecular weight excluding hydrogens is 418 g/mol. The van der Waals surface area contributed by atoms with Gasteiger partial charge in [-0.05, 0) is 63.4 Å². The average molecular weight is 450 g/mol. The van der Waals surface area contributed by atoms with Gasteiger partial charge in [0.25, 0.3) is 5.91 Å². The van der Waals surface area contributed by atoms with Crippen LogP contribution in [0.4, 0.5) is 0 Å². The van der Waals surface area contributed by atoms with E-state index in [-0.39, 0.29) is 23.2 Å². The Morgan fingerprint density at radius 3 is 2.67 bits per heavy atom. The summed E-state index contributed by atoms with van der Waals surface area (Å²) in [6.07, 6.45) is 1.68. The van der Waals surface area contributed by atoms with Crippen molar-refractivity contribution in [3.05, 3.63) is 75.1 Å². The van der Waals surface area contributed by atoms with E-state index in [1.54, 1.807) is 11.0 Å². The molecule has 0 saturated heterocycles. The van der Waals surface area contributed by atoms with Gasteiger partial charge in [0, 0.05) is 13.2 Å². The topological polar surface area (TPSA) is 69.0 Å². The van der Waals surface area contributed by atoms with Gasteiger partial charge in [-0.15, -0.1) is 0 Å². The van der Waals surface area contributed by atoms with Gasteiger partial charge < -0.3 is 18.8 Å². The normalized spacial score (nSPS) is 15.5. The van der Waals surface area contributed by atoms with Crippen molar-refractivity contribution in [3.8, 4) is 5.75 Å². The zero-order valence-corrected chi connectivity index (χ0v) is 19.7. The molecule has 0 N–H and O–H groups in total. The summed E-state index contributed by atoms with van der Waals surface area (Å²) in [7, 11) is 0. The highest BCUT2D eigenvalue weighted by atomic mass is 16.5. The van der Waals surface area contributed by atoms with E-state index in [4.69, 9.17) is 13.9 Å². The molecule has 0 spiro atoms. The molecule has 3 aromatic rings. The zero-order chi connectivity index (χ0) is 23.5. The molecule has 6 heteroatoms. The second-order valence-corrected chi connectivity index (χ2v) is 8.77. The number of amides is 1. The molecule has 1 aromatic heterocycles. The minimum Gasteiger partial charge on any atom is -0.494 e. The molecule has 1 unspecified atom stereocenters. The molecule has 4 rings (SSSR count). The number of hydrogen-bond acceptors (Lipinski definition) is 5. The van der Waals surface area contributed by atoms with Crippen LogP contribution in [0.2, 0.25) is 0 Å². The molecule has 2 aromatic carbocycles. The van der Waals surface area contributed by atoms with Crippen LogP contribution in [0.5, 0.6) is 5.75 Å². The first kappa shape index (κ1) is 23.1. The van der Waals surface area contributed by atoms with E-state index in [9.17, 15) is 9.59 Å². The van der Waals surface area contributed by atoms with E-state index in [1.165, 1.54) is 0 Å². The van der Waals surface area contributed by atoms with Crippen molar-refractivity contribution in [2.45, 2.75) is 52.7 Å². The van der Waals surface area contributed by atoms with Gasteiger partial charge in [0.1, 0.15) is 11.3 Å². The van der Waals surface area contributed by atoms with Crippen LogP contribution < -0.4 is 10.2 Å². The number of rotatable bonds is 9. The van der Waals surface area contributed by atoms with E-state index in [0.717, 1.165) is 23.3 Å². The summed E-state index contributed by atoms with van der Waals surface area (Å²) in [6, 6.07) is 12.6. The summed E-state index contributed by atoms with van der Waals surface area (Å²) in [4.78, 5) is 28.8. The first-order valence-corrected chi connectivity index (χ1v) is 11.6. The van der Waals surface area contributed by atoms with Crippen LogP contribution >= 0.6 is 0 Å². The van der Waals surface area contributed by atoms with Crippen molar-refractivity contribution in [2.24, 2.45) is 0 Å². The Bertz CT molecular complexity index is 1210.